The molecule has 21 heavy (non-hydrogen) atoms. The van der Waals surface area contributed by atoms with E-state index in [9.17, 15) is 5.11 Å². The van der Waals surface area contributed by atoms with Crippen LogP contribution < -0.4 is 5.32 Å². The van der Waals surface area contributed by atoms with Gasteiger partial charge in [0.1, 0.15) is 0 Å². The van der Waals surface area contributed by atoms with Crippen molar-refractivity contribution in [1.29, 1.82) is 0 Å². The Hall–Kier alpha value is -0.940. The van der Waals surface area contributed by atoms with E-state index in [1.54, 1.807) is 0 Å². The first-order valence-corrected chi connectivity index (χ1v) is 8.12. The summed E-state index contributed by atoms with van der Waals surface area (Å²) in [5, 5.41) is 13.8. The van der Waals surface area contributed by atoms with Crippen LogP contribution in [0.4, 0.5) is 0 Å². The first-order chi connectivity index (χ1) is 10.3. The van der Waals surface area contributed by atoms with Crippen LogP contribution >= 0.6 is 0 Å². The van der Waals surface area contributed by atoms with Crippen molar-refractivity contribution in [3.05, 3.63) is 35.4 Å². The van der Waals surface area contributed by atoms with Crippen molar-refractivity contribution in [2.24, 2.45) is 0 Å². The molecule has 1 aromatic carbocycles. The molecule has 2 N–H and O–H groups in total. The van der Waals surface area contributed by atoms with Crippen LogP contribution in [0.2, 0.25) is 0 Å². The number of aliphatic hydroxyl groups excluding tert-OH is 1. The van der Waals surface area contributed by atoms with Crippen LogP contribution in [0.1, 0.15) is 30.0 Å². The van der Waals surface area contributed by atoms with E-state index in [0.717, 1.165) is 32.8 Å². The first-order valence-electron chi connectivity index (χ1n) is 8.12. The lowest BCUT2D eigenvalue weighted by molar-refractivity contribution is 0.0144. The van der Waals surface area contributed by atoms with Gasteiger partial charge < -0.3 is 15.2 Å². The van der Waals surface area contributed by atoms with Gasteiger partial charge in [0, 0.05) is 32.2 Å². The van der Waals surface area contributed by atoms with Crippen molar-refractivity contribution < 1.29 is 9.84 Å². The zero-order valence-electron chi connectivity index (χ0n) is 12.6. The molecule has 1 aliphatic carbocycles. The number of fused-ring (bicyclic) bond motifs is 1. The Morgan fingerprint density at radius 1 is 1.29 bits per heavy atom. The highest BCUT2D eigenvalue weighted by Gasteiger charge is 2.21. The minimum Gasteiger partial charge on any atom is -0.390 e. The minimum atomic E-state index is -0.308. The SMILES string of the molecule is OC(CNC1CCCc2ccccc21)CN1CCOCC1. The maximum Gasteiger partial charge on any atom is 0.0791 e. The summed E-state index contributed by atoms with van der Waals surface area (Å²) in [6, 6.07) is 9.08. The normalized spacial score (nSPS) is 24.5. The molecule has 0 saturated carbocycles. The van der Waals surface area contributed by atoms with E-state index in [1.807, 2.05) is 0 Å². The lowest BCUT2D eigenvalue weighted by Crippen LogP contribution is -2.44. The summed E-state index contributed by atoms with van der Waals surface area (Å²) in [6.07, 6.45) is 3.28. The quantitative estimate of drug-likeness (QED) is 0.859. The molecule has 0 bridgehead atoms. The van der Waals surface area contributed by atoms with Crippen molar-refractivity contribution >= 4 is 0 Å². The third kappa shape index (κ3) is 4.04. The van der Waals surface area contributed by atoms with E-state index in [2.05, 4.69) is 34.5 Å². The van der Waals surface area contributed by atoms with Gasteiger partial charge in [0.2, 0.25) is 0 Å². The first kappa shape index (κ1) is 15.0. The Kier molecular flexibility index (Phi) is 5.25. The lowest BCUT2D eigenvalue weighted by atomic mass is 9.88. The van der Waals surface area contributed by atoms with E-state index >= 15 is 0 Å². The maximum atomic E-state index is 10.2. The van der Waals surface area contributed by atoms with Crippen LogP contribution in [0.25, 0.3) is 0 Å². The van der Waals surface area contributed by atoms with E-state index in [4.69, 9.17) is 4.74 Å². The molecule has 3 rings (SSSR count). The highest BCUT2D eigenvalue weighted by Crippen LogP contribution is 2.29. The van der Waals surface area contributed by atoms with Crippen LogP contribution in [-0.4, -0.2) is 55.5 Å². The molecule has 0 spiro atoms. The van der Waals surface area contributed by atoms with Gasteiger partial charge in [-0.1, -0.05) is 24.3 Å². The zero-order chi connectivity index (χ0) is 14.5. The average Bonchev–Trinajstić information content (AvgIpc) is 2.54. The molecule has 1 aliphatic heterocycles. The molecular formula is C17H26N2O2. The summed E-state index contributed by atoms with van der Waals surface area (Å²) in [5.41, 5.74) is 2.88. The van der Waals surface area contributed by atoms with Gasteiger partial charge >= 0.3 is 0 Å². The molecule has 4 heteroatoms. The van der Waals surface area contributed by atoms with Crippen LogP contribution in [0.3, 0.4) is 0 Å². The molecule has 4 nitrogen and oxygen atoms in total. The number of nitrogens with zero attached hydrogens (tertiary/aromatic N) is 1. The van der Waals surface area contributed by atoms with Crippen LogP contribution in [0.15, 0.2) is 24.3 Å². The fraction of sp³-hybridized carbons (Fsp3) is 0.647. The Labute approximate surface area is 127 Å². The monoisotopic (exact) mass is 290 g/mol. The van der Waals surface area contributed by atoms with Gasteiger partial charge in [0.05, 0.1) is 19.3 Å². The molecule has 0 radical (unpaired) electrons. The van der Waals surface area contributed by atoms with E-state index in [0.29, 0.717) is 12.6 Å². The highest BCUT2D eigenvalue weighted by molar-refractivity contribution is 5.32. The number of hydrogen-bond acceptors (Lipinski definition) is 4. The molecule has 1 fully saturated rings. The molecule has 0 aromatic heterocycles. The lowest BCUT2D eigenvalue weighted by Gasteiger charge is -2.30. The van der Waals surface area contributed by atoms with Gasteiger partial charge in [-0.15, -0.1) is 0 Å². The minimum absolute atomic E-state index is 0.308. The van der Waals surface area contributed by atoms with Gasteiger partial charge in [-0.2, -0.15) is 0 Å². The van der Waals surface area contributed by atoms with Gasteiger partial charge in [-0.25, -0.2) is 0 Å². The predicted molar refractivity (Wildman–Crippen MR) is 83.4 cm³/mol. The molecular weight excluding hydrogens is 264 g/mol. The molecule has 116 valence electrons. The second-order valence-corrected chi connectivity index (χ2v) is 6.12. The Morgan fingerprint density at radius 2 is 2.10 bits per heavy atom. The number of nitrogens with one attached hydrogen (secondary N) is 1. The molecule has 1 heterocycles. The van der Waals surface area contributed by atoms with Crippen LogP contribution in [-0.2, 0) is 11.2 Å². The second-order valence-electron chi connectivity index (χ2n) is 6.12. The Morgan fingerprint density at radius 3 is 2.95 bits per heavy atom. The van der Waals surface area contributed by atoms with Crippen molar-refractivity contribution in [1.82, 2.24) is 10.2 Å². The fourth-order valence-electron chi connectivity index (χ4n) is 3.39. The largest absolute Gasteiger partial charge is 0.390 e. The van der Waals surface area contributed by atoms with Gasteiger partial charge in [0.15, 0.2) is 0 Å². The summed E-state index contributed by atoms with van der Waals surface area (Å²) in [5.74, 6) is 0. The smallest absolute Gasteiger partial charge is 0.0791 e. The molecule has 1 aromatic rings. The predicted octanol–water partition coefficient (Wildman–Crippen LogP) is 1.35. The summed E-state index contributed by atoms with van der Waals surface area (Å²) in [6.45, 7) is 4.85. The van der Waals surface area contributed by atoms with Gasteiger partial charge in [-0.05, 0) is 30.4 Å². The van der Waals surface area contributed by atoms with E-state index in [1.165, 1.54) is 30.4 Å². The Bertz CT molecular complexity index is 446. The molecule has 2 aliphatic rings. The highest BCUT2D eigenvalue weighted by atomic mass is 16.5. The van der Waals surface area contributed by atoms with Crippen LogP contribution in [0, 0.1) is 0 Å². The average molecular weight is 290 g/mol. The number of ether oxygens (including phenoxy) is 1. The molecule has 2 unspecified atom stereocenters. The van der Waals surface area contributed by atoms with Crippen LogP contribution in [0.5, 0.6) is 0 Å². The molecule has 2 atom stereocenters. The third-order valence-electron chi connectivity index (χ3n) is 4.54. The number of β-amino-alcohol motifs (C(OH)–C–C–N with tert-alkyl or cyclic N) is 1. The van der Waals surface area contributed by atoms with Crippen molar-refractivity contribution in [3.8, 4) is 0 Å². The number of hydrogen-bond donors (Lipinski definition) is 2. The summed E-state index contributed by atoms with van der Waals surface area (Å²) < 4.78 is 5.34. The van der Waals surface area contributed by atoms with Crippen molar-refractivity contribution in [2.75, 3.05) is 39.4 Å². The maximum absolute atomic E-state index is 10.2. The number of morpholine rings is 1. The second kappa shape index (κ2) is 7.36. The number of aryl methyl sites for hydroxylation is 1. The summed E-state index contributed by atoms with van der Waals surface area (Å²) in [4.78, 5) is 2.28. The third-order valence-corrected chi connectivity index (χ3v) is 4.54. The summed E-state index contributed by atoms with van der Waals surface area (Å²) in [7, 11) is 0. The number of benzene rings is 1. The molecule has 0 amide bonds. The Balaban J connectivity index is 1.49. The number of rotatable bonds is 5. The van der Waals surface area contributed by atoms with Gasteiger partial charge in [0.25, 0.3) is 0 Å². The van der Waals surface area contributed by atoms with E-state index in [-0.39, 0.29) is 6.10 Å². The zero-order valence-corrected chi connectivity index (χ0v) is 12.6. The topological polar surface area (TPSA) is 44.7 Å². The molecule has 1 saturated heterocycles. The summed E-state index contributed by atoms with van der Waals surface area (Å²) >= 11 is 0. The van der Waals surface area contributed by atoms with Crippen molar-refractivity contribution in [3.63, 3.8) is 0 Å². The van der Waals surface area contributed by atoms with Gasteiger partial charge in [-0.3, -0.25) is 4.90 Å². The number of aliphatic hydroxyl groups is 1. The van der Waals surface area contributed by atoms with Crippen molar-refractivity contribution in [2.45, 2.75) is 31.4 Å². The van der Waals surface area contributed by atoms with E-state index < -0.39 is 0 Å². The standard InChI is InChI=1S/C17H26N2O2/c20-15(13-19-8-10-21-11-9-19)12-18-17-7-3-5-14-4-1-2-6-16(14)17/h1-2,4,6,15,17-18,20H,3,5,7-13H2. The fourth-order valence-corrected chi connectivity index (χ4v) is 3.39.